The van der Waals surface area contributed by atoms with E-state index in [4.69, 9.17) is 15.1 Å². The number of rotatable bonds is 5. The molecule has 4 aromatic heterocycles. The Balaban J connectivity index is 1.11. The molecule has 10 heteroatoms. The van der Waals surface area contributed by atoms with E-state index in [0.29, 0.717) is 23.3 Å². The second kappa shape index (κ2) is 8.14. The number of anilines is 2. The molecule has 1 aromatic carbocycles. The minimum Gasteiger partial charge on any atom is -0.461 e. The summed E-state index contributed by atoms with van der Waals surface area (Å²) in [5.74, 6) is 2.24. The number of piperazine rings is 1. The predicted octanol–water partition coefficient (Wildman–Crippen LogP) is 2.27. The second-order valence-corrected chi connectivity index (χ2v) is 8.08. The van der Waals surface area contributed by atoms with Crippen LogP contribution >= 0.6 is 0 Å². The molecule has 1 aliphatic heterocycles. The number of hydrogen-bond donors (Lipinski definition) is 1. The van der Waals surface area contributed by atoms with Gasteiger partial charge in [-0.05, 0) is 24.3 Å². The summed E-state index contributed by atoms with van der Waals surface area (Å²) in [6.07, 6.45) is 2.51. The van der Waals surface area contributed by atoms with Crippen LogP contribution in [0.15, 0.2) is 59.2 Å². The standard InChI is InChI=1S/C23H23N9O/c24-21-27-22(28-23-26-20(29-32(21)23)19-6-3-15-33-19)31-13-11-30(12-14-31)10-9-17-8-7-16-4-1-2-5-18(16)25-17/h1-8,15H,9-14H2,(H2,24,26,27,28,29). The number of nitrogen functional groups attached to an aromatic ring is 1. The van der Waals surface area contributed by atoms with Crippen LogP contribution in [0.3, 0.4) is 0 Å². The van der Waals surface area contributed by atoms with Gasteiger partial charge in [0.15, 0.2) is 5.76 Å². The number of para-hydroxylation sites is 1. The van der Waals surface area contributed by atoms with Gasteiger partial charge in [-0.25, -0.2) is 0 Å². The van der Waals surface area contributed by atoms with Crippen LogP contribution in [0.5, 0.6) is 0 Å². The van der Waals surface area contributed by atoms with E-state index in [1.54, 1.807) is 18.4 Å². The highest BCUT2D eigenvalue weighted by molar-refractivity contribution is 5.78. The highest BCUT2D eigenvalue weighted by atomic mass is 16.3. The van der Waals surface area contributed by atoms with E-state index < -0.39 is 0 Å². The summed E-state index contributed by atoms with van der Waals surface area (Å²) in [5, 5.41) is 5.53. The lowest BCUT2D eigenvalue weighted by molar-refractivity contribution is 0.259. The predicted molar refractivity (Wildman–Crippen MR) is 125 cm³/mol. The molecule has 0 bridgehead atoms. The minimum absolute atomic E-state index is 0.255. The zero-order valence-corrected chi connectivity index (χ0v) is 18.0. The molecule has 10 nitrogen and oxygen atoms in total. The summed E-state index contributed by atoms with van der Waals surface area (Å²) >= 11 is 0. The fourth-order valence-corrected chi connectivity index (χ4v) is 4.14. The highest BCUT2D eigenvalue weighted by Crippen LogP contribution is 2.20. The van der Waals surface area contributed by atoms with Crippen molar-refractivity contribution in [2.75, 3.05) is 43.4 Å². The maximum absolute atomic E-state index is 6.14. The lowest BCUT2D eigenvalue weighted by Gasteiger charge is -2.34. The maximum Gasteiger partial charge on any atom is 0.259 e. The van der Waals surface area contributed by atoms with Crippen molar-refractivity contribution in [1.29, 1.82) is 0 Å². The molecule has 2 N–H and O–H groups in total. The number of benzene rings is 1. The minimum atomic E-state index is 0.255. The topological polar surface area (TPSA) is 114 Å². The van der Waals surface area contributed by atoms with Crippen molar-refractivity contribution < 1.29 is 4.42 Å². The Kier molecular flexibility index (Phi) is 4.84. The molecule has 1 aliphatic rings. The van der Waals surface area contributed by atoms with Crippen molar-refractivity contribution in [2.45, 2.75) is 6.42 Å². The molecular weight excluding hydrogens is 418 g/mol. The van der Waals surface area contributed by atoms with Crippen LogP contribution < -0.4 is 10.6 Å². The van der Waals surface area contributed by atoms with E-state index in [-0.39, 0.29) is 5.95 Å². The van der Waals surface area contributed by atoms with Crippen LogP contribution in [0.1, 0.15) is 5.69 Å². The van der Waals surface area contributed by atoms with Crippen molar-refractivity contribution in [1.82, 2.24) is 34.4 Å². The van der Waals surface area contributed by atoms with Crippen molar-refractivity contribution in [3.8, 4) is 11.6 Å². The maximum atomic E-state index is 6.14. The summed E-state index contributed by atoms with van der Waals surface area (Å²) in [5.41, 5.74) is 8.32. The van der Waals surface area contributed by atoms with Crippen LogP contribution in [0.25, 0.3) is 28.3 Å². The largest absolute Gasteiger partial charge is 0.461 e. The zero-order valence-electron chi connectivity index (χ0n) is 18.0. The second-order valence-electron chi connectivity index (χ2n) is 8.08. The Bertz CT molecular complexity index is 1400. The molecule has 0 radical (unpaired) electrons. The Labute approximate surface area is 189 Å². The van der Waals surface area contributed by atoms with Crippen LogP contribution in [0, 0.1) is 0 Å². The van der Waals surface area contributed by atoms with E-state index in [2.05, 4.69) is 54.1 Å². The van der Waals surface area contributed by atoms with Crippen LogP contribution in [-0.2, 0) is 6.42 Å². The molecule has 0 aliphatic carbocycles. The highest BCUT2D eigenvalue weighted by Gasteiger charge is 2.21. The number of furan rings is 1. The fourth-order valence-electron chi connectivity index (χ4n) is 4.14. The molecule has 0 spiro atoms. The molecule has 5 heterocycles. The third-order valence-electron chi connectivity index (χ3n) is 5.96. The fraction of sp³-hybridized carbons (Fsp3) is 0.261. The van der Waals surface area contributed by atoms with Gasteiger partial charge in [0.05, 0.1) is 11.8 Å². The van der Waals surface area contributed by atoms with Crippen LogP contribution in [0.2, 0.25) is 0 Å². The number of pyridine rings is 1. The summed E-state index contributed by atoms with van der Waals surface area (Å²) < 4.78 is 6.81. The zero-order chi connectivity index (χ0) is 22.2. The third-order valence-corrected chi connectivity index (χ3v) is 5.96. The molecule has 0 amide bonds. The molecule has 0 saturated carbocycles. The van der Waals surface area contributed by atoms with E-state index in [0.717, 1.165) is 50.4 Å². The van der Waals surface area contributed by atoms with Crippen molar-refractivity contribution >= 4 is 28.6 Å². The molecule has 1 saturated heterocycles. The van der Waals surface area contributed by atoms with Gasteiger partial charge in [-0.1, -0.05) is 24.3 Å². The Morgan fingerprint density at radius 2 is 1.76 bits per heavy atom. The Morgan fingerprint density at radius 3 is 2.61 bits per heavy atom. The summed E-state index contributed by atoms with van der Waals surface area (Å²) in [6, 6.07) is 16.1. The first-order valence-corrected chi connectivity index (χ1v) is 11.0. The Hall–Kier alpha value is -4.05. The van der Waals surface area contributed by atoms with E-state index in [9.17, 15) is 0 Å². The Morgan fingerprint density at radius 1 is 0.879 bits per heavy atom. The number of aromatic nitrogens is 6. The van der Waals surface area contributed by atoms with Gasteiger partial charge in [0.1, 0.15) is 0 Å². The third kappa shape index (κ3) is 3.85. The van der Waals surface area contributed by atoms with Gasteiger partial charge in [-0.3, -0.25) is 9.88 Å². The molecule has 166 valence electrons. The number of nitrogens with two attached hydrogens (primary N) is 1. The SMILES string of the molecule is Nc1nc(N2CCN(CCc3ccc4ccccc4n3)CC2)nc2nc(-c3ccco3)nn12. The molecular formula is C23H23N9O. The molecule has 6 rings (SSSR count). The first-order valence-electron chi connectivity index (χ1n) is 11.0. The van der Waals surface area contributed by atoms with Gasteiger partial charge in [0.25, 0.3) is 5.78 Å². The van der Waals surface area contributed by atoms with Gasteiger partial charge in [-0.2, -0.15) is 19.5 Å². The lowest BCUT2D eigenvalue weighted by atomic mass is 10.1. The van der Waals surface area contributed by atoms with Gasteiger partial charge < -0.3 is 15.1 Å². The number of nitrogens with zero attached hydrogens (tertiary/aromatic N) is 8. The molecule has 5 aromatic rings. The average molecular weight is 441 g/mol. The van der Waals surface area contributed by atoms with Crippen molar-refractivity contribution in [2.24, 2.45) is 0 Å². The molecule has 0 atom stereocenters. The smallest absolute Gasteiger partial charge is 0.259 e. The van der Waals surface area contributed by atoms with Gasteiger partial charge >= 0.3 is 0 Å². The van der Waals surface area contributed by atoms with E-state index >= 15 is 0 Å². The summed E-state index contributed by atoms with van der Waals surface area (Å²) in [7, 11) is 0. The van der Waals surface area contributed by atoms with E-state index in [1.165, 1.54) is 9.90 Å². The monoisotopic (exact) mass is 441 g/mol. The molecule has 33 heavy (non-hydrogen) atoms. The van der Waals surface area contributed by atoms with Gasteiger partial charge in [0.2, 0.25) is 17.7 Å². The quantitative estimate of drug-likeness (QED) is 0.438. The van der Waals surface area contributed by atoms with Gasteiger partial charge in [-0.15, -0.1) is 5.10 Å². The van der Waals surface area contributed by atoms with Gasteiger partial charge in [0, 0.05) is 50.2 Å². The average Bonchev–Trinajstić information content (AvgIpc) is 3.53. The first-order chi connectivity index (χ1) is 16.2. The van der Waals surface area contributed by atoms with Crippen LogP contribution in [0.4, 0.5) is 11.9 Å². The lowest BCUT2D eigenvalue weighted by Crippen LogP contribution is -2.47. The summed E-state index contributed by atoms with van der Waals surface area (Å²) in [4.78, 5) is 22.9. The van der Waals surface area contributed by atoms with Crippen molar-refractivity contribution in [3.63, 3.8) is 0 Å². The van der Waals surface area contributed by atoms with Crippen molar-refractivity contribution in [3.05, 3.63) is 60.5 Å². The molecule has 0 unspecified atom stereocenters. The summed E-state index contributed by atoms with van der Waals surface area (Å²) in [6.45, 7) is 4.45. The number of hydrogen-bond acceptors (Lipinski definition) is 9. The first kappa shape index (κ1) is 19.6. The van der Waals surface area contributed by atoms with Crippen LogP contribution in [-0.4, -0.2) is 67.2 Å². The normalized spacial score (nSPS) is 15.0. The van der Waals surface area contributed by atoms with E-state index in [1.807, 2.05) is 12.1 Å². The molecule has 1 fully saturated rings. The number of fused-ring (bicyclic) bond motifs is 2.